The van der Waals surface area contributed by atoms with E-state index in [1.807, 2.05) is 6.92 Å². The van der Waals surface area contributed by atoms with Crippen molar-refractivity contribution in [2.24, 2.45) is 11.6 Å². The first-order chi connectivity index (χ1) is 11.3. The van der Waals surface area contributed by atoms with Crippen LogP contribution in [0.2, 0.25) is 0 Å². The molecule has 0 fully saturated rings. The fourth-order valence-electron chi connectivity index (χ4n) is 2.45. The lowest BCUT2D eigenvalue weighted by atomic mass is 9.99. The van der Waals surface area contributed by atoms with Gasteiger partial charge in [-0.15, -0.1) is 0 Å². The van der Waals surface area contributed by atoms with E-state index in [9.17, 15) is 4.79 Å². The SMILES string of the molecule is CC1=C/C(=C/N)N(N)C(C)=C1C(=O)Nc1ccc(N)c(C(=N)Br)c1. The van der Waals surface area contributed by atoms with Crippen LogP contribution in [0.1, 0.15) is 19.4 Å². The van der Waals surface area contributed by atoms with Gasteiger partial charge < -0.3 is 16.8 Å². The van der Waals surface area contributed by atoms with Gasteiger partial charge in [-0.25, -0.2) is 5.84 Å². The molecule has 24 heavy (non-hydrogen) atoms. The van der Waals surface area contributed by atoms with Crippen LogP contribution in [0.4, 0.5) is 11.4 Å². The number of allylic oxidation sites excluding steroid dienone is 2. The molecule has 0 atom stereocenters. The predicted molar refractivity (Wildman–Crippen MR) is 100.0 cm³/mol. The molecule has 1 aliphatic heterocycles. The minimum atomic E-state index is -0.301. The summed E-state index contributed by atoms with van der Waals surface area (Å²) in [4.78, 5) is 12.7. The summed E-state index contributed by atoms with van der Waals surface area (Å²) in [6, 6.07) is 4.94. The topological polar surface area (TPSA) is 134 Å². The van der Waals surface area contributed by atoms with Gasteiger partial charge in [0.25, 0.3) is 5.91 Å². The first-order valence-corrected chi connectivity index (χ1v) is 7.87. The largest absolute Gasteiger partial charge is 0.403 e. The predicted octanol–water partition coefficient (Wildman–Crippen LogP) is 2.14. The molecular weight excluding hydrogens is 372 g/mol. The Kier molecular flexibility index (Phi) is 5.10. The van der Waals surface area contributed by atoms with Crippen LogP contribution in [0, 0.1) is 5.41 Å². The van der Waals surface area contributed by atoms with E-state index in [4.69, 9.17) is 22.7 Å². The Morgan fingerprint density at radius 3 is 2.62 bits per heavy atom. The van der Waals surface area contributed by atoms with Crippen molar-refractivity contribution in [1.82, 2.24) is 5.01 Å². The Morgan fingerprint density at radius 1 is 1.38 bits per heavy atom. The summed E-state index contributed by atoms with van der Waals surface area (Å²) < 4.78 is 0.145. The van der Waals surface area contributed by atoms with Crippen LogP contribution in [0.15, 0.2) is 53.0 Å². The highest BCUT2D eigenvalue weighted by atomic mass is 79.9. The van der Waals surface area contributed by atoms with Gasteiger partial charge in [0.1, 0.15) is 4.62 Å². The monoisotopic (exact) mass is 390 g/mol. The fourth-order valence-corrected chi connectivity index (χ4v) is 2.80. The van der Waals surface area contributed by atoms with Crippen molar-refractivity contribution in [3.05, 3.63) is 58.6 Å². The zero-order valence-corrected chi connectivity index (χ0v) is 14.9. The number of carbonyl (C=O) groups is 1. The van der Waals surface area contributed by atoms with E-state index in [0.29, 0.717) is 33.9 Å². The third-order valence-electron chi connectivity index (χ3n) is 3.71. The van der Waals surface area contributed by atoms with Crippen LogP contribution >= 0.6 is 15.9 Å². The first kappa shape index (κ1) is 17.8. The molecule has 0 unspecified atom stereocenters. The summed E-state index contributed by atoms with van der Waals surface area (Å²) in [7, 11) is 0. The standard InChI is InChI=1S/C16H19BrN6O/c1-8-5-11(7-18)23(21)9(2)14(8)16(24)22-10-3-4-13(19)12(6-10)15(17)20/h3-7,20H,18-19,21H2,1-2H3,(H,22,24)/b11-7-,20-15?. The molecule has 126 valence electrons. The van der Waals surface area contributed by atoms with E-state index in [1.54, 1.807) is 31.2 Å². The van der Waals surface area contributed by atoms with Gasteiger partial charge in [0.2, 0.25) is 0 Å². The normalized spacial score (nSPS) is 16.2. The quantitative estimate of drug-likeness (QED) is 0.306. The van der Waals surface area contributed by atoms with Crippen molar-refractivity contribution >= 4 is 37.8 Å². The number of halogens is 1. The highest BCUT2D eigenvalue weighted by Gasteiger charge is 2.23. The number of benzene rings is 1. The van der Waals surface area contributed by atoms with Gasteiger partial charge >= 0.3 is 0 Å². The Morgan fingerprint density at radius 2 is 2.04 bits per heavy atom. The lowest BCUT2D eigenvalue weighted by molar-refractivity contribution is -0.112. The average molecular weight is 391 g/mol. The third kappa shape index (κ3) is 3.34. The summed E-state index contributed by atoms with van der Waals surface area (Å²) in [6.45, 7) is 3.56. The second-order valence-electron chi connectivity index (χ2n) is 5.32. The van der Waals surface area contributed by atoms with E-state index in [0.717, 1.165) is 5.57 Å². The molecule has 1 amide bonds. The van der Waals surface area contributed by atoms with Crippen LogP contribution in [0.25, 0.3) is 0 Å². The molecular formula is C16H19BrN6O. The Hall–Kier alpha value is -2.58. The number of nitrogens with one attached hydrogen (secondary N) is 2. The van der Waals surface area contributed by atoms with Crippen LogP contribution < -0.4 is 22.6 Å². The summed E-state index contributed by atoms with van der Waals surface area (Å²) in [6.07, 6.45) is 3.13. The molecule has 1 heterocycles. The molecule has 8 heteroatoms. The molecule has 8 N–H and O–H groups in total. The molecule has 1 aliphatic rings. The highest BCUT2D eigenvalue weighted by molar-refractivity contribution is 9.18. The molecule has 7 nitrogen and oxygen atoms in total. The number of amides is 1. The van der Waals surface area contributed by atoms with E-state index in [2.05, 4.69) is 21.2 Å². The van der Waals surface area contributed by atoms with Gasteiger partial charge in [-0.2, -0.15) is 0 Å². The van der Waals surface area contributed by atoms with E-state index >= 15 is 0 Å². The smallest absolute Gasteiger partial charge is 0.257 e. The van der Waals surface area contributed by atoms with E-state index < -0.39 is 0 Å². The highest BCUT2D eigenvalue weighted by Crippen LogP contribution is 2.28. The van der Waals surface area contributed by atoms with Gasteiger partial charge in [-0.3, -0.25) is 15.2 Å². The number of nitrogens with zero attached hydrogens (tertiary/aromatic N) is 1. The zero-order valence-electron chi connectivity index (χ0n) is 13.4. The van der Waals surface area contributed by atoms with Crippen molar-refractivity contribution in [2.45, 2.75) is 13.8 Å². The Balaban J connectivity index is 2.34. The maximum Gasteiger partial charge on any atom is 0.257 e. The van der Waals surface area contributed by atoms with Crippen LogP contribution in [0.3, 0.4) is 0 Å². The van der Waals surface area contributed by atoms with Crippen molar-refractivity contribution in [3.8, 4) is 0 Å². The van der Waals surface area contributed by atoms with Crippen molar-refractivity contribution < 1.29 is 4.79 Å². The number of rotatable bonds is 3. The maximum atomic E-state index is 12.7. The third-order valence-corrected chi connectivity index (χ3v) is 4.13. The molecule has 0 radical (unpaired) electrons. The number of hydrogen-bond donors (Lipinski definition) is 5. The fraction of sp³-hybridized carbons (Fsp3) is 0.125. The lowest BCUT2D eigenvalue weighted by Crippen LogP contribution is -2.34. The first-order valence-electron chi connectivity index (χ1n) is 7.07. The Labute approximate surface area is 148 Å². The van der Waals surface area contributed by atoms with E-state index in [1.165, 1.54) is 11.2 Å². The van der Waals surface area contributed by atoms with Crippen molar-refractivity contribution in [2.75, 3.05) is 11.1 Å². The van der Waals surface area contributed by atoms with Gasteiger partial charge in [0, 0.05) is 28.8 Å². The van der Waals surface area contributed by atoms with Gasteiger partial charge in [-0.05, 0) is 59.6 Å². The Bertz CT molecular complexity index is 809. The van der Waals surface area contributed by atoms with Gasteiger partial charge in [0.05, 0.1) is 11.3 Å². The molecule has 0 aromatic heterocycles. The number of anilines is 2. The summed E-state index contributed by atoms with van der Waals surface area (Å²) >= 11 is 3.08. The number of hydrazine groups is 1. The number of carbonyl (C=O) groups excluding carboxylic acids is 1. The minimum Gasteiger partial charge on any atom is -0.403 e. The lowest BCUT2D eigenvalue weighted by Gasteiger charge is -2.28. The van der Waals surface area contributed by atoms with Crippen molar-refractivity contribution in [1.29, 1.82) is 5.41 Å². The zero-order chi connectivity index (χ0) is 18.0. The average Bonchev–Trinajstić information content (AvgIpc) is 2.52. The molecule has 0 aliphatic carbocycles. The number of hydrogen-bond acceptors (Lipinski definition) is 6. The summed E-state index contributed by atoms with van der Waals surface area (Å²) in [5.74, 6) is 5.65. The molecule has 1 aromatic rings. The van der Waals surface area contributed by atoms with Crippen LogP contribution in [0.5, 0.6) is 0 Å². The molecule has 0 spiro atoms. The summed E-state index contributed by atoms with van der Waals surface area (Å²) in [5, 5.41) is 11.8. The van der Waals surface area contributed by atoms with Crippen LogP contribution in [-0.2, 0) is 4.79 Å². The van der Waals surface area contributed by atoms with Gasteiger partial charge in [0.15, 0.2) is 0 Å². The molecule has 0 saturated carbocycles. The molecule has 0 saturated heterocycles. The number of nitrogen functional groups attached to an aromatic ring is 1. The number of nitrogens with two attached hydrogens (primary N) is 3. The second kappa shape index (κ2) is 6.90. The minimum absolute atomic E-state index is 0.145. The van der Waals surface area contributed by atoms with Gasteiger partial charge in [-0.1, -0.05) is 0 Å². The van der Waals surface area contributed by atoms with Crippen LogP contribution in [-0.4, -0.2) is 15.5 Å². The molecule has 2 rings (SSSR count). The van der Waals surface area contributed by atoms with Crippen molar-refractivity contribution in [3.63, 3.8) is 0 Å². The molecule has 1 aromatic carbocycles. The maximum absolute atomic E-state index is 12.7. The second-order valence-corrected chi connectivity index (χ2v) is 6.11. The molecule has 0 bridgehead atoms. The summed E-state index contributed by atoms with van der Waals surface area (Å²) in [5.41, 5.74) is 15.3. The van der Waals surface area contributed by atoms with E-state index in [-0.39, 0.29) is 10.5 Å².